The lowest BCUT2D eigenvalue weighted by Crippen LogP contribution is -2.42. The molecule has 10 heteroatoms. The maximum Gasteiger partial charge on any atom is 0.269 e. The van der Waals surface area contributed by atoms with E-state index in [0.29, 0.717) is 11.5 Å². The number of hydrogen-bond acceptors (Lipinski definition) is 4. The number of aliphatic imine (C=N–C) groups is 1. The summed E-state index contributed by atoms with van der Waals surface area (Å²) in [6, 6.07) is 12.4. The zero-order chi connectivity index (χ0) is 20.5. The molecule has 0 unspecified atom stereocenters. The molecule has 2 N–H and O–H groups in total. The molecule has 0 spiro atoms. The summed E-state index contributed by atoms with van der Waals surface area (Å²) >= 11 is 0. The van der Waals surface area contributed by atoms with Gasteiger partial charge in [0, 0.05) is 38.3 Å². The molecule has 0 radical (unpaired) electrons. The van der Waals surface area contributed by atoms with Crippen LogP contribution in [0.15, 0.2) is 53.5 Å². The van der Waals surface area contributed by atoms with Crippen LogP contribution in [0, 0.1) is 15.9 Å². The van der Waals surface area contributed by atoms with Gasteiger partial charge in [-0.3, -0.25) is 14.9 Å². The molecule has 1 amide bonds. The fourth-order valence-corrected chi connectivity index (χ4v) is 2.21. The highest BCUT2D eigenvalue weighted by Gasteiger charge is 2.08. The summed E-state index contributed by atoms with van der Waals surface area (Å²) in [6.45, 7) is 0.450. The lowest BCUT2D eigenvalue weighted by atomic mass is 10.2. The molecule has 29 heavy (non-hydrogen) atoms. The Hall–Kier alpha value is -2.76. The number of nitro groups is 1. The molecule has 156 valence electrons. The third-order valence-electron chi connectivity index (χ3n) is 3.88. The lowest BCUT2D eigenvalue weighted by Gasteiger charge is -2.15. The Balaban J connectivity index is 0.00000420. The minimum atomic E-state index is -0.469. The van der Waals surface area contributed by atoms with Gasteiger partial charge in [0.15, 0.2) is 5.96 Å². The van der Waals surface area contributed by atoms with Gasteiger partial charge in [0.05, 0.1) is 18.0 Å². The molecular weight excluding hydrogens is 492 g/mol. The third-order valence-corrected chi connectivity index (χ3v) is 3.88. The van der Waals surface area contributed by atoms with Crippen molar-refractivity contribution >= 4 is 41.5 Å². The molecule has 8 nitrogen and oxygen atoms in total. The quantitative estimate of drug-likeness (QED) is 0.194. The number of halogens is 2. The number of guanidine groups is 1. The van der Waals surface area contributed by atoms with Crippen molar-refractivity contribution in [1.29, 1.82) is 0 Å². The Labute approximate surface area is 185 Å². The van der Waals surface area contributed by atoms with Gasteiger partial charge in [-0.25, -0.2) is 9.38 Å². The number of hydrogen-bond donors (Lipinski definition) is 2. The molecule has 0 aliphatic heterocycles. The van der Waals surface area contributed by atoms with Crippen LogP contribution >= 0.6 is 24.0 Å². The predicted octanol–water partition coefficient (Wildman–Crippen LogP) is 2.68. The van der Waals surface area contributed by atoms with Crippen molar-refractivity contribution in [3.63, 3.8) is 0 Å². The van der Waals surface area contributed by atoms with Crippen LogP contribution in [0.3, 0.4) is 0 Å². The van der Waals surface area contributed by atoms with Gasteiger partial charge in [0.1, 0.15) is 5.82 Å². The monoisotopic (exact) mass is 515 g/mol. The van der Waals surface area contributed by atoms with Gasteiger partial charge in [-0.05, 0) is 11.6 Å². The Morgan fingerprint density at radius 1 is 1.14 bits per heavy atom. The summed E-state index contributed by atoms with van der Waals surface area (Å²) in [5.41, 5.74) is 1.23. The number of carbonyl (C=O) groups excluding carboxylic acids is 1. The summed E-state index contributed by atoms with van der Waals surface area (Å²) in [5.74, 6) is -0.151. The van der Waals surface area contributed by atoms with Crippen molar-refractivity contribution in [3.05, 3.63) is 75.6 Å². The Morgan fingerprint density at radius 3 is 2.38 bits per heavy atom. The van der Waals surface area contributed by atoms with Gasteiger partial charge in [-0.15, -0.1) is 24.0 Å². The fraction of sp³-hybridized carbons (Fsp3) is 0.263. The summed E-state index contributed by atoms with van der Waals surface area (Å²) < 4.78 is 13.8. The smallest absolute Gasteiger partial charge is 0.269 e. The van der Waals surface area contributed by atoms with E-state index in [1.807, 2.05) is 0 Å². The van der Waals surface area contributed by atoms with E-state index in [1.54, 1.807) is 44.4 Å². The Kier molecular flexibility index (Phi) is 10.00. The molecule has 0 aliphatic carbocycles. The number of non-ortho nitro benzene ring substituents is 1. The molecule has 0 fully saturated rings. The summed E-state index contributed by atoms with van der Waals surface area (Å²) in [4.78, 5) is 27.9. The first-order valence-corrected chi connectivity index (χ1v) is 8.56. The van der Waals surface area contributed by atoms with Crippen LogP contribution in [0.4, 0.5) is 10.1 Å². The highest BCUT2D eigenvalue weighted by atomic mass is 127. The van der Waals surface area contributed by atoms with E-state index in [2.05, 4.69) is 15.6 Å². The number of nitrogens with zero attached hydrogens (tertiary/aromatic N) is 3. The number of likely N-dealkylation sites (N-methyl/N-ethyl adjacent to an activating group) is 1. The van der Waals surface area contributed by atoms with Crippen LogP contribution in [0.2, 0.25) is 0 Å². The van der Waals surface area contributed by atoms with Crippen molar-refractivity contribution in [2.24, 2.45) is 4.99 Å². The lowest BCUT2D eigenvalue weighted by molar-refractivity contribution is -0.384. The maximum absolute atomic E-state index is 13.8. The van der Waals surface area contributed by atoms with Crippen LogP contribution in [0.5, 0.6) is 0 Å². The molecule has 0 aliphatic rings. The minimum Gasteiger partial charge on any atom is -0.352 e. The van der Waals surface area contributed by atoms with Gasteiger partial charge in [-0.2, -0.15) is 0 Å². The Bertz CT molecular complexity index is 859. The molecule has 2 rings (SSSR count). The second-order valence-electron chi connectivity index (χ2n) is 6.18. The van der Waals surface area contributed by atoms with Crippen LogP contribution in [-0.2, 0) is 17.9 Å². The van der Waals surface area contributed by atoms with Crippen LogP contribution in [-0.4, -0.2) is 42.3 Å². The first-order valence-electron chi connectivity index (χ1n) is 8.56. The second-order valence-corrected chi connectivity index (χ2v) is 6.18. The second kappa shape index (κ2) is 11.9. The van der Waals surface area contributed by atoms with Crippen molar-refractivity contribution in [3.8, 4) is 0 Å². The highest BCUT2D eigenvalue weighted by molar-refractivity contribution is 14.0. The van der Waals surface area contributed by atoms with Crippen LogP contribution < -0.4 is 10.6 Å². The first-order chi connectivity index (χ1) is 13.4. The van der Waals surface area contributed by atoms with E-state index in [1.165, 1.54) is 23.1 Å². The van der Waals surface area contributed by atoms with Crippen molar-refractivity contribution in [2.75, 3.05) is 20.6 Å². The predicted molar refractivity (Wildman–Crippen MR) is 120 cm³/mol. The van der Waals surface area contributed by atoms with Crippen LogP contribution in [0.25, 0.3) is 0 Å². The first kappa shape index (κ1) is 24.3. The van der Waals surface area contributed by atoms with Gasteiger partial charge >= 0.3 is 0 Å². The summed E-state index contributed by atoms with van der Waals surface area (Å²) in [6.07, 6.45) is 0. The molecule has 0 saturated heterocycles. The minimum absolute atomic E-state index is 0. The molecule has 0 aromatic heterocycles. The molecule has 0 saturated carbocycles. The SMILES string of the molecule is CN(C)C(=O)CNC(=NCc1ccc([N+](=O)[O-])cc1)NCc1ccccc1F.I. The van der Waals surface area contributed by atoms with E-state index in [0.717, 1.165) is 5.56 Å². The molecule has 0 atom stereocenters. The molecule has 2 aromatic carbocycles. The van der Waals surface area contributed by atoms with E-state index in [-0.39, 0.29) is 61.0 Å². The number of amides is 1. The van der Waals surface area contributed by atoms with Gasteiger partial charge in [0.25, 0.3) is 5.69 Å². The van der Waals surface area contributed by atoms with Gasteiger partial charge in [0.2, 0.25) is 5.91 Å². The van der Waals surface area contributed by atoms with Gasteiger partial charge in [-0.1, -0.05) is 30.3 Å². The standard InChI is InChI=1S/C19H22FN5O3.HI/c1-24(2)18(26)13-23-19(22-12-15-5-3-4-6-17(15)20)21-11-14-7-9-16(10-8-14)25(27)28;/h3-10H,11-13H2,1-2H3,(H2,21,22,23);1H. The topological polar surface area (TPSA) is 99.9 Å². The molecule has 0 heterocycles. The molecular formula is C19H23FIN5O3. The molecule has 2 aromatic rings. The normalized spacial score (nSPS) is 10.7. The Morgan fingerprint density at radius 2 is 1.79 bits per heavy atom. The number of rotatable bonds is 7. The molecule has 0 bridgehead atoms. The number of carbonyl (C=O) groups is 1. The zero-order valence-electron chi connectivity index (χ0n) is 16.1. The van der Waals surface area contributed by atoms with Crippen molar-refractivity contribution in [1.82, 2.24) is 15.5 Å². The summed E-state index contributed by atoms with van der Waals surface area (Å²) in [5, 5.41) is 16.6. The van der Waals surface area contributed by atoms with Crippen LogP contribution in [0.1, 0.15) is 11.1 Å². The number of nitro benzene ring substituents is 1. The van der Waals surface area contributed by atoms with E-state index < -0.39 is 4.92 Å². The zero-order valence-corrected chi connectivity index (χ0v) is 18.4. The largest absolute Gasteiger partial charge is 0.352 e. The highest BCUT2D eigenvalue weighted by Crippen LogP contribution is 2.12. The number of nitrogens with one attached hydrogen (secondary N) is 2. The van der Waals surface area contributed by atoms with E-state index in [9.17, 15) is 19.3 Å². The average Bonchev–Trinajstić information content (AvgIpc) is 2.68. The average molecular weight is 515 g/mol. The van der Waals surface area contributed by atoms with Gasteiger partial charge < -0.3 is 15.5 Å². The van der Waals surface area contributed by atoms with E-state index in [4.69, 9.17) is 0 Å². The third kappa shape index (κ3) is 8.02. The fourth-order valence-electron chi connectivity index (χ4n) is 2.21. The van der Waals surface area contributed by atoms with Crippen molar-refractivity contribution < 1.29 is 14.1 Å². The summed E-state index contributed by atoms with van der Waals surface area (Å²) in [7, 11) is 3.29. The number of benzene rings is 2. The maximum atomic E-state index is 13.8. The van der Waals surface area contributed by atoms with E-state index >= 15 is 0 Å². The van der Waals surface area contributed by atoms with Crippen molar-refractivity contribution in [2.45, 2.75) is 13.1 Å².